The Morgan fingerprint density at radius 2 is 1.72 bits per heavy atom. The Labute approximate surface area is 148 Å². The molecule has 134 valence electrons. The van der Waals surface area contributed by atoms with E-state index in [4.69, 9.17) is 9.47 Å². The molecule has 0 aliphatic rings. The van der Waals surface area contributed by atoms with Gasteiger partial charge in [-0.3, -0.25) is 9.59 Å². The van der Waals surface area contributed by atoms with E-state index in [0.29, 0.717) is 30.2 Å². The van der Waals surface area contributed by atoms with Gasteiger partial charge in [-0.1, -0.05) is 18.2 Å². The van der Waals surface area contributed by atoms with Crippen molar-refractivity contribution in [3.8, 4) is 11.5 Å². The lowest BCUT2D eigenvalue weighted by atomic mass is 10.1. The predicted molar refractivity (Wildman–Crippen MR) is 98.3 cm³/mol. The smallest absolute Gasteiger partial charge is 0.270 e. The summed E-state index contributed by atoms with van der Waals surface area (Å²) < 4.78 is 10.5. The first-order chi connectivity index (χ1) is 12.0. The first kappa shape index (κ1) is 20.0. The van der Waals surface area contributed by atoms with Crippen molar-refractivity contribution in [2.24, 2.45) is 0 Å². The average Bonchev–Trinajstić information content (AvgIpc) is 2.59. The summed E-state index contributed by atoms with van der Waals surface area (Å²) in [6, 6.07) is 5.22. The maximum Gasteiger partial charge on any atom is 0.270 e. The first-order valence-electron chi connectivity index (χ1n) is 7.69. The normalized spacial score (nSPS) is 10.6. The fraction of sp³-hybridized carbons (Fsp3) is 0.263. The molecule has 2 amide bonds. The third-order valence-electron chi connectivity index (χ3n) is 3.25. The maximum atomic E-state index is 12.7. The summed E-state index contributed by atoms with van der Waals surface area (Å²) in [5, 5.41) is 2.58. The Bertz CT molecular complexity index is 670. The Morgan fingerprint density at radius 3 is 2.20 bits per heavy atom. The van der Waals surface area contributed by atoms with Crippen molar-refractivity contribution in [3.05, 3.63) is 54.8 Å². The minimum atomic E-state index is -0.336. The van der Waals surface area contributed by atoms with Gasteiger partial charge in [-0.05, 0) is 23.8 Å². The van der Waals surface area contributed by atoms with Crippen LogP contribution < -0.4 is 14.8 Å². The predicted octanol–water partition coefficient (Wildman–Crippen LogP) is 2.38. The van der Waals surface area contributed by atoms with Gasteiger partial charge in [0.15, 0.2) is 11.5 Å². The summed E-state index contributed by atoms with van der Waals surface area (Å²) in [7, 11) is 3.07. The molecular weight excluding hydrogens is 320 g/mol. The van der Waals surface area contributed by atoms with Crippen molar-refractivity contribution < 1.29 is 19.1 Å². The minimum absolute atomic E-state index is 0.156. The highest BCUT2D eigenvalue weighted by atomic mass is 16.5. The standard InChI is InChI=1S/C19H24N2O4/c1-6-10-21(11-7-2)19(23)16(20-14(3)22)12-15-8-9-17(24-4)18(13-15)25-5/h6-9,12-13H,1-2,10-11H2,3-5H3,(H,20,22)/b16-12-. The highest BCUT2D eigenvalue weighted by Gasteiger charge is 2.18. The molecule has 1 rings (SSSR count). The van der Waals surface area contributed by atoms with E-state index in [9.17, 15) is 9.59 Å². The van der Waals surface area contributed by atoms with Crippen molar-refractivity contribution in [3.63, 3.8) is 0 Å². The van der Waals surface area contributed by atoms with Gasteiger partial charge in [0.05, 0.1) is 14.2 Å². The second kappa shape index (κ2) is 9.97. The van der Waals surface area contributed by atoms with Gasteiger partial charge in [-0.2, -0.15) is 0 Å². The Morgan fingerprint density at radius 1 is 1.12 bits per heavy atom. The molecular formula is C19H24N2O4. The molecule has 1 aromatic rings. The topological polar surface area (TPSA) is 67.9 Å². The second-order valence-corrected chi connectivity index (χ2v) is 5.14. The number of methoxy groups -OCH3 is 2. The molecule has 1 aromatic carbocycles. The van der Waals surface area contributed by atoms with Crippen molar-refractivity contribution in [2.75, 3.05) is 27.3 Å². The van der Waals surface area contributed by atoms with E-state index in [0.717, 1.165) is 0 Å². The van der Waals surface area contributed by atoms with Crippen molar-refractivity contribution in [1.29, 1.82) is 0 Å². The SMILES string of the molecule is C=CCN(CC=C)C(=O)/C(=C/c1ccc(OC)c(OC)c1)NC(C)=O. The third kappa shape index (κ3) is 5.84. The van der Waals surface area contributed by atoms with Gasteiger partial charge in [0.25, 0.3) is 5.91 Å². The molecule has 0 aliphatic carbocycles. The van der Waals surface area contributed by atoms with Crippen LogP contribution in [0.5, 0.6) is 11.5 Å². The molecule has 6 nitrogen and oxygen atoms in total. The van der Waals surface area contributed by atoms with E-state index in [2.05, 4.69) is 18.5 Å². The largest absolute Gasteiger partial charge is 0.493 e. The highest BCUT2D eigenvalue weighted by molar-refractivity contribution is 6.01. The van der Waals surface area contributed by atoms with E-state index in [-0.39, 0.29) is 17.5 Å². The van der Waals surface area contributed by atoms with E-state index < -0.39 is 0 Å². The lowest BCUT2D eigenvalue weighted by Gasteiger charge is -2.21. The summed E-state index contributed by atoms with van der Waals surface area (Å²) in [5.41, 5.74) is 0.843. The minimum Gasteiger partial charge on any atom is -0.493 e. The molecule has 0 aromatic heterocycles. The molecule has 1 N–H and O–H groups in total. The van der Waals surface area contributed by atoms with E-state index in [1.807, 2.05) is 0 Å². The number of hydrogen-bond acceptors (Lipinski definition) is 4. The van der Waals surface area contributed by atoms with Crippen LogP contribution in [0.3, 0.4) is 0 Å². The molecule has 6 heteroatoms. The molecule has 0 radical (unpaired) electrons. The highest BCUT2D eigenvalue weighted by Crippen LogP contribution is 2.28. The molecule has 0 spiro atoms. The number of nitrogens with zero attached hydrogens (tertiary/aromatic N) is 1. The molecule has 0 aliphatic heterocycles. The summed E-state index contributed by atoms with van der Waals surface area (Å²) in [4.78, 5) is 25.8. The van der Waals surface area contributed by atoms with Crippen LogP contribution >= 0.6 is 0 Å². The third-order valence-corrected chi connectivity index (χ3v) is 3.25. The molecule has 0 atom stereocenters. The number of amides is 2. The Hall–Kier alpha value is -3.02. The summed E-state index contributed by atoms with van der Waals surface area (Å²) in [5.74, 6) is 0.439. The Balaban J connectivity index is 3.26. The second-order valence-electron chi connectivity index (χ2n) is 5.14. The maximum absolute atomic E-state index is 12.7. The molecule has 0 saturated heterocycles. The Kier molecular flexibility index (Phi) is 7.99. The zero-order chi connectivity index (χ0) is 18.8. The first-order valence-corrected chi connectivity index (χ1v) is 7.69. The number of carbonyl (C=O) groups is 2. The number of nitrogens with one attached hydrogen (secondary N) is 1. The summed E-state index contributed by atoms with van der Waals surface area (Å²) >= 11 is 0. The van der Waals surface area contributed by atoms with Gasteiger partial charge < -0.3 is 19.7 Å². The van der Waals surface area contributed by atoms with Crippen LogP contribution in [0.4, 0.5) is 0 Å². The molecule has 0 fully saturated rings. The van der Waals surface area contributed by atoms with Gasteiger partial charge >= 0.3 is 0 Å². The van der Waals surface area contributed by atoms with E-state index in [1.54, 1.807) is 43.5 Å². The van der Waals surface area contributed by atoms with Crippen molar-refractivity contribution >= 4 is 17.9 Å². The lowest BCUT2D eigenvalue weighted by Crippen LogP contribution is -2.38. The van der Waals surface area contributed by atoms with Gasteiger partial charge in [-0.15, -0.1) is 13.2 Å². The van der Waals surface area contributed by atoms with Gasteiger partial charge in [0, 0.05) is 20.0 Å². The van der Waals surface area contributed by atoms with Crippen LogP contribution in [0.25, 0.3) is 6.08 Å². The zero-order valence-electron chi connectivity index (χ0n) is 14.9. The molecule has 0 unspecified atom stereocenters. The lowest BCUT2D eigenvalue weighted by molar-refractivity contribution is -0.128. The van der Waals surface area contributed by atoms with Crippen molar-refractivity contribution in [1.82, 2.24) is 10.2 Å². The molecule has 0 bridgehead atoms. The van der Waals surface area contributed by atoms with Crippen molar-refractivity contribution in [2.45, 2.75) is 6.92 Å². The fourth-order valence-electron chi connectivity index (χ4n) is 2.17. The molecule has 0 saturated carbocycles. The van der Waals surface area contributed by atoms with Crippen LogP contribution in [0, 0.1) is 0 Å². The van der Waals surface area contributed by atoms with Gasteiger partial charge in [-0.25, -0.2) is 0 Å². The zero-order valence-corrected chi connectivity index (χ0v) is 14.9. The van der Waals surface area contributed by atoms with E-state index >= 15 is 0 Å². The number of rotatable bonds is 9. The quantitative estimate of drug-likeness (QED) is 0.552. The van der Waals surface area contributed by atoms with Gasteiger partial charge in [0.2, 0.25) is 5.91 Å². The van der Waals surface area contributed by atoms with Crippen LogP contribution in [0.1, 0.15) is 12.5 Å². The number of ether oxygens (including phenoxy) is 2. The number of benzene rings is 1. The van der Waals surface area contributed by atoms with Crippen LogP contribution in [-0.4, -0.2) is 44.0 Å². The van der Waals surface area contributed by atoms with Gasteiger partial charge in [0.1, 0.15) is 5.70 Å². The summed E-state index contributed by atoms with van der Waals surface area (Å²) in [6.45, 7) is 9.32. The van der Waals surface area contributed by atoms with Crippen LogP contribution in [0.15, 0.2) is 49.2 Å². The molecule has 0 heterocycles. The van der Waals surface area contributed by atoms with Crippen LogP contribution in [-0.2, 0) is 9.59 Å². The number of carbonyl (C=O) groups excluding carboxylic acids is 2. The number of hydrogen-bond donors (Lipinski definition) is 1. The van der Waals surface area contributed by atoms with E-state index in [1.165, 1.54) is 18.9 Å². The fourth-order valence-corrected chi connectivity index (χ4v) is 2.17. The average molecular weight is 344 g/mol. The molecule has 25 heavy (non-hydrogen) atoms. The summed E-state index contributed by atoms with van der Waals surface area (Å²) in [6.07, 6.45) is 4.82. The monoisotopic (exact) mass is 344 g/mol. The van der Waals surface area contributed by atoms with Crippen LogP contribution in [0.2, 0.25) is 0 Å².